The summed E-state index contributed by atoms with van der Waals surface area (Å²) in [5.74, 6) is 2.90. The van der Waals surface area contributed by atoms with Crippen LogP contribution in [-0.2, 0) is 0 Å². The third kappa shape index (κ3) is 4.82. The van der Waals surface area contributed by atoms with Gasteiger partial charge in [-0.3, -0.25) is 0 Å². The van der Waals surface area contributed by atoms with Crippen molar-refractivity contribution >= 4 is 49.6 Å². The molecular formula is C47H32N4O. The quantitative estimate of drug-likeness (QED) is 0.177. The van der Waals surface area contributed by atoms with Gasteiger partial charge in [0.05, 0.1) is 16.4 Å². The summed E-state index contributed by atoms with van der Waals surface area (Å²) in [5.41, 5.74) is 8.06. The molecule has 9 aromatic rings. The van der Waals surface area contributed by atoms with Gasteiger partial charge in [0.2, 0.25) is 0 Å². The number of hydrogen-bond acceptors (Lipinski definition) is 4. The zero-order valence-corrected chi connectivity index (χ0v) is 28.3. The monoisotopic (exact) mass is 668 g/mol. The molecule has 0 radical (unpaired) electrons. The average molecular weight is 669 g/mol. The van der Waals surface area contributed by atoms with Gasteiger partial charge in [-0.05, 0) is 71.3 Å². The van der Waals surface area contributed by atoms with E-state index in [1.165, 1.54) is 10.8 Å². The van der Waals surface area contributed by atoms with Crippen LogP contribution in [0.5, 0.6) is 0 Å². The molecule has 0 fully saturated rings. The maximum absolute atomic E-state index is 6.86. The second kappa shape index (κ2) is 12.2. The van der Waals surface area contributed by atoms with E-state index in [1.54, 1.807) is 0 Å². The number of allylic oxidation sites excluding steroid dienone is 4. The summed E-state index contributed by atoms with van der Waals surface area (Å²) in [7, 11) is 0. The summed E-state index contributed by atoms with van der Waals surface area (Å²) in [6.07, 6.45) is 11.2. The molecule has 5 heteroatoms. The lowest BCUT2D eigenvalue weighted by Gasteiger charge is -2.14. The van der Waals surface area contributed by atoms with Crippen molar-refractivity contribution in [2.75, 3.05) is 0 Å². The fraction of sp³-hybridized carbons (Fsp3) is 0.0426. The number of nitrogens with zero attached hydrogens (tertiary/aromatic N) is 4. The van der Waals surface area contributed by atoms with Crippen LogP contribution in [-0.4, -0.2) is 19.5 Å². The van der Waals surface area contributed by atoms with Crippen molar-refractivity contribution in [2.45, 2.75) is 12.3 Å². The van der Waals surface area contributed by atoms with Crippen molar-refractivity contribution < 1.29 is 4.42 Å². The van der Waals surface area contributed by atoms with Crippen LogP contribution in [0.15, 0.2) is 169 Å². The minimum Gasteiger partial charge on any atom is -0.455 e. The van der Waals surface area contributed by atoms with Crippen LogP contribution in [0.25, 0.3) is 89.2 Å². The van der Waals surface area contributed by atoms with Gasteiger partial charge in [-0.2, -0.15) is 0 Å². The molecule has 3 heterocycles. The largest absolute Gasteiger partial charge is 0.455 e. The Morgan fingerprint density at radius 2 is 1.40 bits per heavy atom. The van der Waals surface area contributed by atoms with Crippen LogP contribution in [0.2, 0.25) is 0 Å². The van der Waals surface area contributed by atoms with Gasteiger partial charge >= 0.3 is 0 Å². The first-order valence-electron chi connectivity index (χ1n) is 17.6. The summed E-state index contributed by atoms with van der Waals surface area (Å²) in [4.78, 5) is 15.2. The maximum Gasteiger partial charge on any atom is 0.163 e. The fourth-order valence-electron chi connectivity index (χ4n) is 7.71. The standard InChI is InChI=1S/C47H32N4O/c1-2-41-42(36-24-14-20-30-15-12-13-23-35(30)36)37-26-28-40-43(44(37)52-41)38-29-33(25-27-39(38)51(40)34-21-10-5-11-22-34)47-49-45(31-16-6-3-7-17-31)48-46(50-47)32-18-8-4-9-19-32/h2-18,20-29,32H,1,19H2. The number of para-hydroxylation sites is 1. The lowest BCUT2D eigenvalue weighted by atomic mass is 9.95. The SMILES string of the molecule is C=Cc1oc2c(ccc3c2c2cc(-c4nc(-c5ccccc5)nc(C5C=CC=CC5)n4)ccc2n3-c2ccccc2)c1-c1cccc2ccccc12. The second-order valence-corrected chi connectivity index (χ2v) is 13.2. The Balaban J connectivity index is 1.26. The lowest BCUT2D eigenvalue weighted by Crippen LogP contribution is -2.07. The number of furan rings is 1. The molecule has 0 spiro atoms. The number of rotatable bonds is 6. The second-order valence-electron chi connectivity index (χ2n) is 13.2. The Morgan fingerprint density at radius 3 is 2.21 bits per heavy atom. The van der Waals surface area contributed by atoms with Gasteiger partial charge in [0.15, 0.2) is 11.6 Å². The molecule has 246 valence electrons. The topological polar surface area (TPSA) is 56.7 Å². The van der Waals surface area contributed by atoms with Gasteiger partial charge < -0.3 is 8.98 Å². The van der Waals surface area contributed by atoms with Gasteiger partial charge in [0, 0.05) is 39.1 Å². The van der Waals surface area contributed by atoms with E-state index in [2.05, 4.69) is 145 Å². The molecule has 0 saturated heterocycles. The Hall–Kier alpha value is -6.85. The molecule has 6 aromatic carbocycles. The van der Waals surface area contributed by atoms with Gasteiger partial charge in [-0.25, -0.2) is 15.0 Å². The molecule has 1 atom stereocenters. The normalized spacial score (nSPS) is 14.2. The Labute approximate surface area is 300 Å². The summed E-state index contributed by atoms with van der Waals surface area (Å²) in [6, 6.07) is 46.5. The molecular weight excluding hydrogens is 637 g/mol. The van der Waals surface area contributed by atoms with E-state index in [1.807, 2.05) is 30.3 Å². The number of hydrogen-bond donors (Lipinski definition) is 0. The fourth-order valence-corrected chi connectivity index (χ4v) is 7.71. The molecule has 0 bridgehead atoms. The molecule has 0 N–H and O–H groups in total. The van der Waals surface area contributed by atoms with E-state index in [0.717, 1.165) is 78.7 Å². The van der Waals surface area contributed by atoms with Crippen molar-refractivity contribution in [1.82, 2.24) is 19.5 Å². The first-order valence-corrected chi connectivity index (χ1v) is 17.6. The average Bonchev–Trinajstić information content (AvgIpc) is 3.76. The van der Waals surface area contributed by atoms with Gasteiger partial charge in [-0.1, -0.05) is 122 Å². The maximum atomic E-state index is 6.86. The smallest absolute Gasteiger partial charge is 0.163 e. The number of aromatic nitrogens is 4. The summed E-state index contributed by atoms with van der Waals surface area (Å²) in [5, 5.41) is 5.49. The van der Waals surface area contributed by atoms with Gasteiger partial charge in [0.25, 0.3) is 0 Å². The minimum atomic E-state index is 0.0745. The third-order valence-electron chi connectivity index (χ3n) is 10.1. The van der Waals surface area contributed by atoms with E-state index in [0.29, 0.717) is 11.6 Å². The van der Waals surface area contributed by atoms with E-state index >= 15 is 0 Å². The molecule has 3 aromatic heterocycles. The van der Waals surface area contributed by atoms with Crippen LogP contribution in [0.3, 0.4) is 0 Å². The zero-order chi connectivity index (χ0) is 34.6. The molecule has 5 nitrogen and oxygen atoms in total. The highest BCUT2D eigenvalue weighted by Crippen LogP contribution is 2.45. The minimum absolute atomic E-state index is 0.0745. The molecule has 10 rings (SSSR count). The van der Waals surface area contributed by atoms with Crippen LogP contribution >= 0.6 is 0 Å². The first-order chi connectivity index (χ1) is 25.7. The number of fused-ring (bicyclic) bond motifs is 6. The van der Waals surface area contributed by atoms with Crippen molar-refractivity contribution in [2.24, 2.45) is 0 Å². The van der Waals surface area contributed by atoms with E-state index in [4.69, 9.17) is 19.4 Å². The van der Waals surface area contributed by atoms with Crippen LogP contribution < -0.4 is 0 Å². The van der Waals surface area contributed by atoms with Crippen molar-refractivity contribution in [3.05, 3.63) is 176 Å². The molecule has 1 aliphatic rings. The highest BCUT2D eigenvalue weighted by atomic mass is 16.3. The van der Waals surface area contributed by atoms with Crippen LogP contribution in [0.4, 0.5) is 0 Å². The molecule has 1 aliphatic carbocycles. The molecule has 1 unspecified atom stereocenters. The Morgan fingerprint density at radius 1 is 0.654 bits per heavy atom. The van der Waals surface area contributed by atoms with Crippen molar-refractivity contribution in [3.8, 4) is 39.6 Å². The van der Waals surface area contributed by atoms with Crippen LogP contribution in [0.1, 0.15) is 23.9 Å². The highest BCUT2D eigenvalue weighted by molar-refractivity contribution is 6.23. The summed E-state index contributed by atoms with van der Waals surface area (Å²) in [6.45, 7) is 4.19. The first kappa shape index (κ1) is 30.0. The van der Waals surface area contributed by atoms with E-state index in [-0.39, 0.29) is 5.92 Å². The van der Waals surface area contributed by atoms with Crippen LogP contribution in [0, 0.1) is 0 Å². The summed E-state index contributed by atoms with van der Waals surface area (Å²) >= 11 is 0. The molecule has 52 heavy (non-hydrogen) atoms. The predicted octanol–water partition coefficient (Wildman–Crippen LogP) is 12.1. The highest BCUT2D eigenvalue weighted by Gasteiger charge is 2.24. The molecule has 0 aliphatic heterocycles. The Bertz CT molecular complexity index is 2890. The summed E-state index contributed by atoms with van der Waals surface area (Å²) < 4.78 is 9.17. The zero-order valence-electron chi connectivity index (χ0n) is 28.3. The molecule has 0 saturated carbocycles. The van der Waals surface area contributed by atoms with Crippen molar-refractivity contribution in [3.63, 3.8) is 0 Å². The van der Waals surface area contributed by atoms with E-state index < -0.39 is 0 Å². The van der Waals surface area contributed by atoms with Crippen molar-refractivity contribution in [1.29, 1.82) is 0 Å². The van der Waals surface area contributed by atoms with E-state index in [9.17, 15) is 0 Å². The lowest BCUT2D eigenvalue weighted by molar-refractivity contribution is 0.609. The third-order valence-corrected chi connectivity index (χ3v) is 10.1. The number of benzene rings is 6. The van der Waals surface area contributed by atoms with Gasteiger partial charge in [-0.15, -0.1) is 0 Å². The van der Waals surface area contributed by atoms with Gasteiger partial charge in [0.1, 0.15) is 17.2 Å². The Kier molecular flexibility index (Phi) is 7.03. The predicted molar refractivity (Wildman–Crippen MR) is 213 cm³/mol. The molecule has 0 amide bonds.